The zero-order valence-electron chi connectivity index (χ0n) is 55.4. The van der Waals surface area contributed by atoms with E-state index in [-0.39, 0.29) is 66.6 Å². The Morgan fingerprint density at radius 2 is 0.989 bits per heavy atom. The van der Waals surface area contributed by atoms with Crippen molar-refractivity contribution in [2.75, 3.05) is 106 Å². The van der Waals surface area contributed by atoms with Crippen molar-refractivity contribution in [3.63, 3.8) is 0 Å². The summed E-state index contributed by atoms with van der Waals surface area (Å²) in [5, 5.41) is 36.1. The number of carbonyl (C=O) groups excluding carboxylic acids is 2. The molecule has 2 unspecified atom stereocenters. The normalized spacial score (nSPS) is 22.6. The van der Waals surface area contributed by atoms with E-state index < -0.39 is 59.0 Å². The van der Waals surface area contributed by atoms with Gasteiger partial charge in [0.2, 0.25) is 29.5 Å². The number of amides is 2. The molecule has 29 heteroatoms. The van der Waals surface area contributed by atoms with E-state index in [0.29, 0.717) is 81.8 Å². The van der Waals surface area contributed by atoms with Gasteiger partial charge in [0, 0.05) is 59.2 Å². The van der Waals surface area contributed by atoms with Gasteiger partial charge >= 0.3 is 5.97 Å². The maximum atomic E-state index is 12.8. The fourth-order valence-corrected chi connectivity index (χ4v) is 12.0. The van der Waals surface area contributed by atoms with Gasteiger partial charge in [-0.1, -0.05) is 57.0 Å². The van der Waals surface area contributed by atoms with E-state index in [4.69, 9.17) is 71.8 Å². The number of carbonyl (C=O) groups is 3. The number of nitrogens with zero attached hydrogens (tertiary/aromatic N) is 3. The minimum Gasteiger partial charge on any atom is -0.480 e. The summed E-state index contributed by atoms with van der Waals surface area (Å²) in [5.74, 6) is 0.0468. The fraction of sp³-hybridized carbons (Fsp3) is 0.803. The summed E-state index contributed by atoms with van der Waals surface area (Å²) in [6.07, 6.45) is 4.68. The van der Waals surface area contributed by atoms with Crippen LogP contribution < -0.4 is 16.4 Å². The first-order valence-corrected chi connectivity index (χ1v) is 34.5. The van der Waals surface area contributed by atoms with Crippen molar-refractivity contribution < 1.29 is 94.0 Å². The Kier molecular flexibility index (Phi) is 29.4. The van der Waals surface area contributed by atoms with E-state index in [9.17, 15) is 27.9 Å². The number of ether oxygens (including phenoxy) is 10. The second-order valence-corrected chi connectivity index (χ2v) is 32.0. The molecule has 8 rings (SSSR count). The van der Waals surface area contributed by atoms with Crippen LogP contribution in [0.15, 0.2) is 31.8 Å². The van der Waals surface area contributed by atoms with Gasteiger partial charge in [0.15, 0.2) is 22.4 Å². The van der Waals surface area contributed by atoms with Crippen molar-refractivity contribution in [2.24, 2.45) is 0 Å². The molecule has 8 heterocycles. The quantitative estimate of drug-likeness (QED) is 0.0565. The fourth-order valence-electron chi connectivity index (χ4n) is 8.68. The summed E-state index contributed by atoms with van der Waals surface area (Å²) in [4.78, 5) is 36.2. The minimum absolute atomic E-state index is 0.0122. The van der Waals surface area contributed by atoms with Gasteiger partial charge in [-0.3, -0.25) is 25.0 Å². The van der Waals surface area contributed by atoms with Crippen LogP contribution in [-0.4, -0.2) is 205 Å². The number of nitrogen functional groups attached to an aromatic ring is 1. The molecular weight excluding hydrogens is 1230 g/mol. The van der Waals surface area contributed by atoms with E-state index in [1.165, 1.54) is 43.4 Å². The van der Waals surface area contributed by atoms with E-state index in [0.717, 1.165) is 63.1 Å². The molecule has 514 valence electrons. The van der Waals surface area contributed by atoms with Crippen LogP contribution in [0.5, 0.6) is 0 Å². The number of carboxylic acids is 1. The topological polar surface area (TPSA) is 346 Å². The monoisotopic (exact) mass is 1330 g/mol. The van der Waals surface area contributed by atoms with Gasteiger partial charge < -0.3 is 76.9 Å². The molecule has 0 spiro atoms. The number of aliphatic carboxylic acids is 1. The highest BCUT2D eigenvalue weighted by Crippen LogP contribution is 2.36. The predicted octanol–water partition coefficient (Wildman–Crippen LogP) is 8.09. The molecule has 5 fully saturated rings. The van der Waals surface area contributed by atoms with Crippen molar-refractivity contribution >= 4 is 68.8 Å². The molecule has 3 aromatic heterocycles. The SMILES string of the molecule is CC(C)(SC[C@H]1COCCO1)C(=O)O.C[C@H](O)C(C)(C)c1cc(NC(=O)C(C)(C)S(=O)(=O)C[C@H]2COCCO2)on1.C[C@H](OC1CCCCO1)C(C)(C)c1cc(N)on1.C[C@H](OC1CCCCO1)C(C)(C)c1cc(NC(=O)C(C)(C)SC[C@H]2COCCO2)on1. The largest absolute Gasteiger partial charge is 0.480 e. The smallest absolute Gasteiger partial charge is 0.319 e. The van der Waals surface area contributed by atoms with Gasteiger partial charge in [0.05, 0.1) is 124 Å². The number of hydrogen-bond donors (Lipinski definition) is 5. The summed E-state index contributed by atoms with van der Waals surface area (Å²) < 4.78 is 93.5. The first-order chi connectivity index (χ1) is 42.1. The molecule has 0 aliphatic carbocycles. The lowest BCUT2D eigenvalue weighted by atomic mass is 9.84. The zero-order chi connectivity index (χ0) is 66.7. The van der Waals surface area contributed by atoms with Crippen molar-refractivity contribution in [2.45, 2.75) is 222 Å². The molecule has 0 radical (unpaired) electrons. The lowest BCUT2D eigenvalue weighted by molar-refractivity contribution is -0.196. The first-order valence-electron chi connectivity index (χ1n) is 30.9. The second-order valence-electron chi connectivity index (χ2n) is 26.1. The van der Waals surface area contributed by atoms with Gasteiger partial charge in [-0.25, -0.2) is 8.42 Å². The third-order valence-electron chi connectivity index (χ3n) is 16.8. The number of carboxylic acid groups (broad SMARTS) is 1. The highest BCUT2D eigenvalue weighted by Gasteiger charge is 2.45. The number of aromatic nitrogens is 3. The van der Waals surface area contributed by atoms with E-state index >= 15 is 0 Å². The van der Waals surface area contributed by atoms with Crippen LogP contribution in [0.3, 0.4) is 0 Å². The Hall–Kier alpha value is -3.95. The number of rotatable bonds is 24. The number of nitrogens with two attached hydrogens (primary N) is 1. The van der Waals surface area contributed by atoms with Crippen LogP contribution in [-0.2, 0) is 87.8 Å². The third kappa shape index (κ3) is 22.9. The molecule has 6 N–H and O–H groups in total. The molecule has 5 saturated heterocycles. The highest BCUT2D eigenvalue weighted by molar-refractivity contribution is 8.01. The number of thioether (sulfide) groups is 2. The lowest BCUT2D eigenvalue weighted by Gasteiger charge is -2.34. The third-order valence-corrected chi connectivity index (χ3v) is 22.2. The van der Waals surface area contributed by atoms with E-state index in [1.807, 2.05) is 27.7 Å². The molecule has 5 aliphatic heterocycles. The maximum Gasteiger partial charge on any atom is 0.319 e. The van der Waals surface area contributed by atoms with Gasteiger partial charge in [-0.15, -0.1) is 23.5 Å². The molecule has 3 aromatic rings. The molecular formula is C61H102N6O20S3. The van der Waals surface area contributed by atoms with Gasteiger partial charge in [0.1, 0.15) is 9.49 Å². The van der Waals surface area contributed by atoms with Crippen molar-refractivity contribution in [1.82, 2.24) is 15.5 Å². The van der Waals surface area contributed by atoms with Crippen molar-refractivity contribution in [1.29, 1.82) is 0 Å². The van der Waals surface area contributed by atoms with Crippen LogP contribution in [0.25, 0.3) is 0 Å². The average molecular weight is 1340 g/mol. The predicted molar refractivity (Wildman–Crippen MR) is 340 cm³/mol. The van der Waals surface area contributed by atoms with Gasteiger partial charge in [0.25, 0.3) is 0 Å². The summed E-state index contributed by atoms with van der Waals surface area (Å²) in [7, 11) is -3.83. The summed E-state index contributed by atoms with van der Waals surface area (Å²) in [5.41, 5.74) is 6.19. The zero-order valence-corrected chi connectivity index (χ0v) is 57.8. The van der Waals surface area contributed by atoms with Crippen LogP contribution in [0, 0.1) is 0 Å². The summed E-state index contributed by atoms with van der Waals surface area (Å²) in [6.45, 7) is 33.4. The van der Waals surface area contributed by atoms with Crippen molar-refractivity contribution in [3.05, 3.63) is 35.3 Å². The molecule has 0 bridgehead atoms. The molecule has 8 atom stereocenters. The Bertz CT molecular complexity index is 2760. The molecule has 0 saturated carbocycles. The minimum atomic E-state index is -3.83. The van der Waals surface area contributed by atoms with Gasteiger partial charge in [-0.05, 0) is 101 Å². The Morgan fingerprint density at radius 1 is 0.578 bits per heavy atom. The van der Waals surface area contributed by atoms with Crippen molar-refractivity contribution in [3.8, 4) is 0 Å². The number of aliphatic hydroxyl groups is 1. The number of nitrogens with one attached hydrogen (secondary N) is 2. The molecule has 90 heavy (non-hydrogen) atoms. The standard InChI is InChI=1S/C22H36N2O6S.C17H28N2O7S.C13H22N2O3.C9H16O4S/c1-15(29-19-8-6-7-9-28-19)21(2,3)17-12-18(30-24-17)23-20(25)22(4,5)31-14-16-13-26-10-11-27-16;1-11(20)16(2,3)13-8-14(26-19-13)18-15(21)17(4,5)27(22,23)10-12-9-24-6-7-25-12;1-9(17-12-6-4-5-7-16-12)13(2,3)10-8-11(14)18-15-10;1-9(2,8(10)11)14-6-7-5-12-3-4-13-7/h12,15-16,19H,6-11,13-14H2,1-5H3,(H,23,25);8,11-12,20H,6-7,9-10H2,1-5H3,(H,18,21);8-9,12H,4-7,14H2,1-3H3;7H,3-6H2,1-2H3,(H,10,11)/t15-,16+,19?;11-,12+;9-,12?;7-/m0001/s1. The summed E-state index contributed by atoms with van der Waals surface area (Å²) in [6, 6.07) is 5.01. The number of hydrogen-bond acceptors (Lipinski definition) is 25. The first kappa shape index (κ1) is 76.8. The average Bonchev–Trinajstić information content (AvgIpc) is 1.43. The molecule has 0 aromatic carbocycles. The van der Waals surface area contributed by atoms with Crippen LogP contribution in [0.1, 0.15) is 159 Å². The number of anilines is 3. The number of aliphatic hydroxyl groups excluding tert-OH is 1. The molecule has 2 amide bonds. The van der Waals surface area contributed by atoms with E-state index in [1.54, 1.807) is 46.8 Å². The van der Waals surface area contributed by atoms with E-state index in [2.05, 4.69) is 53.8 Å². The highest BCUT2D eigenvalue weighted by atomic mass is 32.2. The maximum absolute atomic E-state index is 12.8. The van der Waals surface area contributed by atoms with Gasteiger partial charge in [-0.2, -0.15) is 0 Å². The Morgan fingerprint density at radius 3 is 1.38 bits per heavy atom. The molecule has 26 nitrogen and oxygen atoms in total. The Balaban J connectivity index is 0.000000227. The van der Waals surface area contributed by atoms with Crippen LogP contribution >= 0.6 is 23.5 Å². The number of sulfone groups is 1. The van der Waals surface area contributed by atoms with Crippen LogP contribution in [0.4, 0.5) is 17.7 Å². The molecule has 5 aliphatic rings. The van der Waals surface area contributed by atoms with Crippen LogP contribution in [0.2, 0.25) is 0 Å². The second kappa shape index (κ2) is 34.5. The Labute approximate surface area is 539 Å². The lowest BCUT2D eigenvalue weighted by Crippen LogP contribution is -2.48. The summed E-state index contributed by atoms with van der Waals surface area (Å²) >= 11 is 2.93.